The largest absolute Gasteiger partial charge is 0.497 e. The molecule has 0 unspecified atom stereocenters. The van der Waals surface area contributed by atoms with Crippen LogP contribution in [0.2, 0.25) is 0 Å². The van der Waals surface area contributed by atoms with Gasteiger partial charge in [-0.25, -0.2) is 9.78 Å². The summed E-state index contributed by atoms with van der Waals surface area (Å²) in [5, 5.41) is 8.46. The maximum absolute atomic E-state index is 12.8. The summed E-state index contributed by atoms with van der Waals surface area (Å²) < 4.78 is 10.7. The monoisotopic (exact) mass is 544 g/mol. The topological polar surface area (TPSA) is 110 Å². The molecule has 0 aliphatic rings. The molecule has 9 heteroatoms. The number of rotatable bonds is 13. The molecule has 1 atom stereocenters. The Kier molecular flexibility index (Phi) is 9.04. The third-order valence-electron chi connectivity index (χ3n) is 6.96. The first-order chi connectivity index (χ1) is 19.3. The average molecular weight is 545 g/mol. The molecule has 2 N–H and O–H groups in total. The highest BCUT2D eigenvalue weighted by molar-refractivity contribution is 5.94. The van der Waals surface area contributed by atoms with Crippen molar-refractivity contribution in [2.45, 2.75) is 46.6 Å². The predicted octanol–water partition coefficient (Wildman–Crippen LogP) is 4.58. The summed E-state index contributed by atoms with van der Waals surface area (Å²) in [6.45, 7) is 8.98. The Labute approximate surface area is 233 Å². The summed E-state index contributed by atoms with van der Waals surface area (Å²) in [5.74, 6) is 1.05. The van der Waals surface area contributed by atoms with E-state index >= 15 is 0 Å². The van der Waals surface area contributed by atoms with Crippen molar-refractivity contribution in [2.75, 3.05) is 42.3 Å². The molecular formula is C31H36N4O5. The number of aromatic nitrogens is 1. The van der Waals surface area contributed by atoms with Gasteiger partial charge < -0.3 is 25.0 Å². The number of esters is 1. The second-order valence-electron chi connectivity index (χ2n) is 9.43. The number of pyridine rings is 1. The highest BCUT2D eigenvalue weighted by Gasteiger charge is 2.29. The molecule has 4 rings (SSSR count). The first-order valence-electron chi connectivity index (χ1n) is 13.7. The van der Waals surface area contributed by atoms with Crippen molar-refractivity contribution in [1.82, 2.24) is 4.98 Å². The number of carbonyl (C=O) groups is 1. The number of hydrogen-bond acceptors (Lipinski definition) is 9. The summed E-state index contributed by atoms with van der Waals surface area (Å²) in [6, 6.07) is 14.8. The SMILES string of the molecule is CCOC(=O)[C@H](Cc1ccc(Nc2nc(CC)cc3cc(OC)ccc23)cc1)Nc1c(N(CC)CC)c(=O)c1=O. The Balaban J connectivity index is 1.56. The van der Waals surface area contributed by atoms with Gasteiger partial charge in [-0.05, 0) is 74.5 Å². The van der Waals surface area contributed by atoms with E-state index in [0.29, 0.717) is 18.8 Å². The second kappa shape index (κ2) is 12.6. The summed E-state index contributed by atoms with van der Waals surface area (Å²) in [7, 11) is 1.65. The van der Waals surface area contributed by atoms with Crippen LogP contribution in [-0.4, -0.2) is 43.8 Å². The molecule has 0 saturated heterocycles. The number of nitrogens with zero attached hydrogens (tertiary/aromatic N) is 2. The van der Waals surface area contributed by atoms with Crippen LogP contribution in [0.1, 0.15) is 39.0 Å². The summed E-state index contributed by atoms with van der Waals surface area (Å²) in [5.41, 5.74) is 2.03. The molecule has 3 aromatic carbocycles. The van der Waals surface area contributed by atoms with Crippen molar-refractivity contribution in [3.63, 3.8) is 0 Å². The highest BCUT2D eigenvalue weighted by Crippen LogP contribution is 2.29. The number of hydrogen-bond donors (Lipinski definition) is 2. The molecule has 1 heterocycles. The van der Waals surface area contributed by atoms with Crippen LogP contribution in [0.5, 0.6) is 5.75 Å². The predicted molar refractivity (Wildman–Crippen MR) is 160 cm³/mol. The molecule has 0 bridgehead atoms. The smallest absolute Gasteiger partial charge is 0.328 e. The molecule has 1 aromatic heterocycles. The van der Waals surface area contributed by atoms with E-state index in [1.54, 1.807) is 14.0 Å². The van der Waals surface area contributed by atoms with E-state index in [-0.39, 0.29) is 18.7 Å². The molecule has 0 amide bonds. The first kappa shape index (κ1) is 28.6. The maximum Gasteiger partial charge on any atom is 0.328 e. The molecule has 0 aliphatic carbocycles. The minimum Gasteiger partial charge on any atom is -0.497 e. The van der Waals surface area contributed by atoms with E-state index in [9.17, 15) is 14.4 Å². The minimum atomic E-state index is -0.821. The van der Waals surface area contributed by atoms with Crippen LogP contribution < -0.4 is 31.1 Å². The third kappa shape index (κ3) is 5.93. The maximum atomic E-state index is 12.8. The molecule has 0 spiro atoms. The zero-order valence-corrected chi connectivity index (χ0v) is 23.7. The molecule has 9 nitrogen and oxygen atoms in total. The number of aryl methyl sites for hydroxylation is 1. The van der Waals surface area contributed by atoms with Crippen molar-refractivity contribution in [3.05, 3.63) is 80.2 Å². The molecule has 0 fully saturated rings. The standard InChI is InChI=1S/C31H36N4O5/c1-6-21-17-20-18-23(39-5)14-15-24(20)30(32-21)33-22-12-10-19(11-13-22)16-25(31(38)40-9-4)34-26-27(29(37)28(26)36)35(7-2)8-3/h10-15,17-18,25,34H,6-9,16H2,1-5H3,(H,32,33)/t25-/m0/s1. The summed E-state index contributed by atoms with van der Waals surface area (Å²) in [4.78, 5) is 44.1. The minimum absolute atomic E-state index is 0.176. The fourth-order valence-electron chi connectivity index (χ4n) is 4.76. The van der Waals surface area contributed by atoms with E-state index < -0.39 is 22.9 Å². The Morgan fingerprint density at radius 3 is 2.33 bits per heavy atom. The second-order valence-corrected chi connectivity index (χ2v) is 9.43. The Bertz CT molecular complexity index is 1550. The van der Waals surface area contributed by atoms with Crippen molar-refractivity contribution in [2.24, 2.45) is 0 Å². The van der Waals surface area contributed by atoms with Gasteiger partial charge in [0.2, 0.25) is 0 Å². The van der Waals surface area contributed by atoms with E-state index in [0.717, 1.165) is 45.7 Å². The number of carbonyl (C=O) groups excluding carboxylic acids is 1. The normalized spacial score (nSPS) is 11.8. The van der Waals surface area contributed by atoms with Crippen LogP contribution in [0.3, 0.4) is 0 Å². The quantitative estimate of drug-likeness (QED) is 0.185. The number of ether oxygens (including phenoxy) is 2. The number of benzene rings is 2. The lowest BCUT2D eigenvalue weighted by atomic mass is 10.0. The summed E-state index contributed by atoms with van der Waals surface area (Å²) in [6.07, 6.45) is 1.07. The van der Waals surface area contributed by atoms with Crippen molar-refractivity contribution < 1.29 is 14.3 Å². The molecule has 210 valence electrons. The fourth-order valence-corrected chi connectivity index (χ4v) is 4.76. The molecule has 0 radical (unpaired) electrons. The van der Waals surface area contributed by atoms with Gasteiger partial charge in [0.05, 0.1) is 13.7 Å². The van der Waals surface area contributed by atoms with Gasteiger partial charge in [0.25, 0.3) is 10.9 Å². The lowest BCUT2D eigenvalue weighted by Gasteiger charge is -2.27. The average Bonchev–Trinajstić information content (AvgIpc) is 2.98. The fraction of sp³-hybridized carbons (Fsp3) is 0.355. The number of anilines is 4. The van der Waals surface area contributed by atoms with Crippen LogP contribution >= 0.6 is 0 Å². The lowest BCUT2D eigenvalue weighted by Crippen LogP contribution is -2.46. The van der Waals surface area contributed by atoms with E-state index in [1.165, 1.54) is 0 Å². The van der Waals surface area contributed by atoms with Crippen molar-refractivity contribution >= 4 is 39.6 Å². The zero-order chi connectivity index (χ0) is 28.8. The zero-order valence-electron chi connectivity index (χ0n) is 23.7. The molecular weight excluding hydrogens is 508 g/mol. The Morgan fingerprint density at radius 1 is 0.975 bits per heavy atom. The molecule has 40 heavy (non-hydrogen) atoms. The molecule has 0 saturated carbocycles. The van der Waals surface area contributed by atoms with E-state index in [1.807, 2.05) is 61.2 Å². The van der Waals surface area contributed by atoms with Crippen LogP contribution in [0.4, 0.5) is 22.9 Å². The lowest BCUT2D eigenvalue weighted by molar-refractivity contribution is -0.144. The van der Waals surface area contributed by atoms with Gasteiger partial charge in [-0.1, -0.05) is 19.1 Å². The van der Waals surface area contributed by atoms with Crippen LogP contribution in [0.15, 0.2) is 58.1 Å². The van der Waals surface area contributed by atoms with Gasteiger partial charge >= 0.3 is 5.97 Å². The van der Waals surface area contributed by atoms with Gasteiger partial charge in [0.15, 0.2) is 0 Å². The summed E-state index contributed by atoms with van der Waals surface area (Å²) >= 11 is 0. The van der Waals surface area contributed by atoms with E-state index in [4.69, 9.17) is 14.5 Å². The van der Waals surface area contributed by atoms with E-state index in [2.05, 4.69) is 23.6 Å². The van der Waals surface area contributed by atoms with Crippen LogP contribution in [-0.2, 0) is 22.4 Å². The van der Waals surface area contributed by atoms with Gasteiger partial charge in [0, 0.05) is 36.3 Å². The van der Waals surface area contributed by atoms with Crippen molar-refractivity contribution in [1.29, 1.82) is 0 Å². The van der Waals surface area contributed by atoms with Crippen LogP contribution in [0.25, 0.3) is 10.8 Å². The molecule has 0 aliphatic heterocycles. The van der Waals surface area contributed by atoms with Gasteiger partial charge in [-0.15, -0.1) is 0 Å². The highest BCUT2D eigenvalue weighted by atomic mass is 16.5. The molecule has 4 aromatic rings. The Morgan fingerprint density at radius 2 is 1.70 bits per heavy atom. The number of nitrogens with one attached hydrogen (secondary N) is 2. The van der Waals surface area contributed by atoms with Crippen molar-refractivity contribution in [3.8, 4) is 5.75 Å². The van der Waals surface area contributed by atoms with Crippen LogP contribution in [0, 0.1) is 0 Å². The Hall–Kier alpha value is -4.40. The first-order valence-corrected chi connectivity index (χ1v) is 13.7. The van der Waals surface area contributed by atoms with Gasteiger partial charge in [-0.2, -0.15) is 0 Å². The third-order valence-corrected chi connectivity index (χ3v) is 6.96. The van der Waals surface area contributed by atoms with Gasteiger partial charge in [-0.3, -0.25) is 9.59 Å². The number of fused-ring (bicyclic) bond motifs is 1. The number of methoxy groups -OCH3 is 1. The van der Waals surface area contributed by atoms with Gasteiger partial charge in [0.1, 0.15) is 29.0 Å².